The first kappa shape index (κ1) is 20.9. The van der Waals surface area contributed by atoms with Crippen LogP contribution in [0.2, 0.25) is 0 Å². The van der Waals surface area contributed by atoms with E-state index in [1.807, 2.05) is 19.1 Å². The third kappa shape index (κ3) is 4.59. The van der Waals surface area contributed by atoms with E-state index < -0.39 is 5.97 Å². The normalized spacial score (nSPS) is 14.7. The van der Waals surface area contributed by atoms with E-state index in [0.717, 1.165) is 37.6 Å². The van der Waals surface area contributed by atoms with Gasteiger partial charge in [0.15, 0.2) is 0 Å². The number of nitrogens with zero attached hydrogens (tertiary/aromatic N) is 3. The second-order valence-electron chi connectivity index (χ2n) is 7.32. The maximum Gasteiger partial charge on any atom is 0.339 e. The van der Waals surface area contributed by atoms with Crippen LogP contribution in [0.4, 0.5) is 5.82 Å². The third-order valence-electron chi connectivity index (χ3n) is 5.39. The Hall–Kier alpha value is -2.87. The number of nitrogens with one attached hydrogen (secondary N) is 2. The van der Waals surface area contributed by atoms with E-state index in [1.165, 1.54) is 7.11 Å². The molecule has 1 aliphatic heterocycles. The number of piperazine rings is 1. The van der Waals surface area contributed by atoms with Crippen LogP contribution < -0.4 is 10.2 Å². The monoisotopic (exact) mass is 399 g/mol. The Bertz CT molecular complexity index is 867. The van der Waals surface area contributed by atoms with E-state index in [2.05, 4.69) is 32.1 Å². The molecule has 1 saturated heterocycles. The summed E-state index contributed by atoms with van der Waals surface area (Å²) in [4.78, 5) is 36.9. The van der Waals surface area contributed by atoms with Crippen molar-refractivity contribution >= 4 is 17.7 Å². The molecule has 0 aliphatic carbocycles. The van der Waals surface area contributed by atoms with Crippen molar-refractivity contribution in [1.82, 2.24) is 20.2 Å². The molecule has 1 aliphatic rings. The number of hydrogen-bond acceptors (Lipinski definition) is 6. The number of carbonyl (C=O) groups excluding carboxylic acids is 2. The molecule has 0 saturated carbocycles. The second-order valence-corrected chi connectivity index (χ2v) is 7.32. The maximum absolute atomic E-state index is 12.6. The first-order valence-electron chi connectivity index (χ1n) is 9.91. The van der Waals surface area contributed by atoms with Crippen LogP contribution in [-0.2, 0) is 17.7 Å². The lowest BCUT2D eigenvalue weighted by Crippen LogP contribution is -2.44. The van der Waals surface area contributed by atoms with Gasteiger partial charge in [0, 0.05) is 44.6 Å². The van der Waals surface area contributed by atoms with Crippen LogP contribution in [0.5, 0.6) is 0 Å². The fourth-order valence-electron chi connectivity index (χ4n) is 3.54. The molecule has 8 nitrogen and oxygen atoms in total. The number of methoxy groups -OCH3 is 1. The van der Waals surface area contributed by atoms with Crippen molar-refractivity contribution in [3.8, 4) is 0 Å². The molecular weight excluding hydrogens is 370 g/mol. The summed E-state index contributed by atoms with van der Waals surface area (Å²) in [6, 6.07) is 3.98. The minimum atomic E-state index is -0.432. The van der Waals surface area contributed by atoms with Crippen molar-refractivity contribution in [3.63, 3.8) is 0 Å². The summed E-state index contributed by atoms with van der Waals surface area (Å²) in [7, 11) is 3.47. The predicted octanol–water partition coefficient (Wildman–Crippen LogP) is 1.75. The van der Waals surface area contributed by atoms with E-state index in [9.17, 15) is 9.59 Å². The number of anilines is 1. The van der Waals surface area contributed by atoms with Gasteiger partial charge >= 0.3 is 5.97 Å². The molecule has 8 heteroatoms. The number of rotatable bonds is 6. The third-order valence-corrected chi connectivity index (χ3v) is 5.39. The molecule has 156 valence electrons. The SMILES string of the molecule is CCc1[nH]c(C(=O)NCc2ccc(N3CCN(C)CC3)nc2)c(C)c1C(=O)OC. The molecule has 3 heterocycles. The number of carbonyl (C=O) groups is 2. The number of aromatic nitrogens is 2. The summed E-state index contributed by atoms with van der Waals surface area (Å²) in [6.07, 6.45) is 2.41. The summed E-state index contributed by atoms with van der Waals surface area (Å²) in [5, 5.41) is 2.90. The van der Waals surface area contributed by atoms with Crippen molar-refractivity contribution in [2.24, 2.45) is 0 Å². The van der Waals surface area contributed by atoms with E-state index in [4.69, 9.17) is 4.74 Å². The van der Waals surface area contributed by atoms with Crippen molar-refractivity contribution < 1.29 is 14.3 Å². The lowest BCUT2D eigenvalue weighted by Gasteiger charge is -2.33. The predicted molar refractivity (Wildman–Crippen MR) is 111 cm³/mol. The van der Waals surface area contributed by atoms with Crippen LogP contribution in [0.1, 0.15) is 44.6 Å². The van der Waals surface area contributed by atoms with Crippen LogP contribution >= 0.6 is 0 Å². The number of pyridine rings is 1. The standard InChI is InChI=1S/C21H29N5O3/c1-5-16-18(21(28)29-4)14(2)19(24-16)20(27)23-13-15-6-7-17(22-12-15)26-10-8-25(3)9-11-26/h6-7,12,24H,5,8-11,13H2,1-4H3,(H,23,27). The highest BCUT2D eigenvalue weighted by Gasteiger charge is 2.23. The Kier molecular flexibility index (Phi) is 6.53. The zero-order chi connectivity index (χ0) is 21.0. The number of likely N-dealkylation sites (N-methyl/N-ethyl adjacent to an activating group) is 1. The Morgan fingerprint density at radius 3 is 2.55 bits per heavy atom. The first-order chi connectivity index (χ1) is 13.9. The van der Waals surface area contributed by atoms with Crippen molar-refractivity contribution in [2.75, 3.05) is 45.2 Å². The zero-order valence-corrected chi connectivity index (χ0v) is 17.5. The van der Waals surface area contributed by atoms with Crippen LogP contribution in [0.15, 0.2) is 18.3 Å². The van der Waals surface area contributed by atoms with E-state index in [1.54, 1.807) is 13.1 Å². The number of amides is 1. The topological polar surface area (TPSA) is 90.6 Å². The number of H-pyrrole nitrogens is 1. The summed E-state index contributed by atoms with van der Waals surface area (Å²) in [5.41, 5.74) is 3.07. The Labute approximate surface area is 171 Å². The highest BCUT2D eigenvalue weighted by molar-refractivity contribution is 6.00. The van der Waals surface area contributed by atoms with Gasteiger partial charge in [-0.3, -0.25) is 4.79 Å². The lowest BCUT2D eigenvalue weighted by molar-refractivity contribution is 0.0599. The highest BCUT2D eigenvalue weighted by atomic mass is 16.5. The average molecular weight is 399 g/mol. The van der Waals surface area contributed by atoms with Gasteiger partial charge in [0.05, 0.1) is 12.7 Å². The van der Waals surface area contributed by atoms with E-state index >= 15 is 0 Å². The van der Waals surface area contributed by atoms with Gasteiger partial charge in [0.1, 0.15) is 11.5 Å². The van der Waals surface area contributed by atoms with Gasteiger partial charge in [-0.2, -0.15) is 0 Å². The molecule has 0 spiro atoms. The van der Waals surface area contributed by atoms with Crippen LogP contribution in [-0.4, -0.2) is 67.1 Å². The molecule has 2 N–H and O–H groups in total. The Morgan fingerprint density at radius 1 is 1.24 bits per heavy atom. The number of ether oxygens (including phenoxy) is 1. The first-order valence-corrected chi connectivity index (χ1v) is 9.91. The van der Waals surface area contributed by atoms with Crippen molar-refractivity contribution in [1.29, 1.82) is 0 Å². The molecule has 2 aromatic rings. The average Bonchev–Trinajstić information content (AvgIpc) is 3.09. The molecule has 3 rings (SSSR count). The summed E-state index contributed by atoms with van der Waals surface area (Å²) < 4.78 is 4.84. The quantitative estimate of drug-likeness (QED) is 0.720. The molecule has 0 atom stereocenters. The smallest absolute Gasteiger partial charge is 0.339 e. The molecule has 29 heavy (non-hydrogen) atoms. The van der Waals surface area contributed by atoms with Gasteiger partial charge in [-0.1, -0.05) is 13.0 Å². The molecule has 0 bridgehead atoms. The fourth-order valence-corrected chi connectivity index (χ4v) is 3.54. The fraction of sp³-hybridized carbons (Fsp3) is 0.476. The van der Waals surface area contributed by atoms with Crippen LogP contribution in [0.25, 0.3) is 0 Å². The van der Waals surface area contributed by atoms with Gasteiger partial charge in [0.2, 0.25) is 0 Å². The molecule has 0 radical (unpaired) electrons. The van der Waals surface area contributed by atoms with Gasteiger partial charge in [-0.05, 0) is 37.6 Å². The number of aromatic amines is 1. The molecule has 1 fully saturated rings. The van der Waals surface area contributed by atoms with E-state index in [-0.39, 0.29) is 5.91 Å². The van der Waals surface area contributed by atoms with Gasteiger partial charge in [-0.15, -0.1) is 0 Å². The van der Waals surface area contributed by atoms with Crippen molar-refractivity contribution in [2.45, 2.75) is 26.8 Å². The van der Waals surface area contributed by atoms with Gasteiger partial charge in [-0.25, -0.2) is 9.78 Å². The largest absolute Gasteiger partial charge is 0.465 e. The summed E-state index contributed by atoms with van der Waals surface area (Å²) >= 11 is 0. The Morgan fingerprint density at radius 2 is 1.97 bits per heavy atom. The van der Waals surface area contributed by atoms with Gasteiger partial charge in [0.25, 0.3) is 5.91 Å². The molecule has 1 amide bonds. The molecule has 0 unspecified atom stereocenters. The second kappa shape index (κ2) is 9.09. The summed E-state index contributed by atoms with van der Waals surface area (Å²) in [5.74, 6) is 0.275. The molecule has 2 aromatic heterocycles. The van der Waals surface area contributed by atoms with Gasteiger partial charge < -0.3 is 24.8 Å². The number of aryl methyl sites for hydroxylation is 1. The molecular formula is C21H29N5O3. The molecule has 0 aromatic carbocycles. The minimum Gasteiger partial charge on any atom is -0.465 e. The Balaban J connectivity index is 1.64. The van der Waals surface area contributed by atoms with Crippen molar-refractivity contribution in [3.05, 3.63) is 46.4 Å². The number of hydrogen-bond donors (Lipinski definition) is 2. The zero-order valence-electron chi connectivity index (χ0n) is 17.5. The van der Waals surface area contributed by atoms with Crippen LogP contribution in [0.3, 0.4) is 0 Å². The van der Waals surface area contributed by atoms with Crippen LogP contribution in [0, 0.1) is 6.92 Å². The summed E-state index contributed by atoms with van der Waals surface area (Å²) in [6.45, 7) is 8.03. The lowest BCUT2D eigenvalue weighted by atomic mass is 10.1. The maximum atomic E-state index is 12.6. The highest BCUT2D eigenvalue weighted by Crippen LogP contribution is 2.20. The number of esters is 1. The van der Waals surface area contributed by atoms with E-state index in [0.29, 0.717) is 35.5 Å². The minimum absolute atomic E-state index is 0.254.